The van der Waals surface area contributed by atoms with E-state index in [2.05, 4.69) is 4.90 Å². The number of methoxy groups -OCH3 is 1. The van der Waals surface area contributed by atoms with Gasteiger partial charge in [0.1, 0.15) is 5.82 Å². The highest BCUT2D eigenvalue weighted by Crippen LogP contribution is 2.50. The van der Waals surface area contributed by atoms with Crippen molar-refractivity contribution in [3.8, 4) is 11.5 Å². The third kappa shape index (κ3) is 4.46. The molecule has 2 saturated carbocycles. The van der Waals surface area contributed by atoms with Gasteiger partial charge >= 0.3 is 0 Å². The maximum atomic E-state index is 14.8. The zero-order valence-electron chi connectivity index (χ0n) is 17.3. The molecular weight excluding hydrogens is 373 g/mol. The van der Waals surface area contributed by atoms with Crippen molar-refractivity contribution in [2.75, 3.05) is 31.7 Å². The molecule has 0 aromatic heterocycles. The smallest absolute Gasteiger partial charge is 0.293 e. The molecule has 1 unspecified atom stereocenters. The Kier molecular flexibility index (Phi) is 6.16. The van der Waals surface area contributed by atoms with Gasteiger partial charge in [-0.2, -0.15) is 0 Å². The lowest BCUT2D eigenvalue weighted by Crippen LogP contribution is -2.39. The Balaban J connectivity index is 1.39. The lowest BCUT2D eigenvalue weighted by molar-refractivity contribution is -0.129. The van der Waals surface area contributed by atoms with Crippen LogP contribution in [-0.2, 0) is 9.53 Å². The molecule has 3 aliphatic rings. The summed E-state index contributed by atoms with van der Waals surface area (Å²) < 4.78 is 31.1. The van der Waals surface area contributed by atoms with Gasteiger partial charge in [-0.1, -0.05) is 0 Å². The van der Waals surface area contributed by atoms with E-state index < -0.39 is 0 Å². The van der Waals surface area contributed by atoms with E-state index in [1.54, 1.807) is 7.11 Å². The Labute approximate surface area is 172 Å². The molecule has 4 rings (SSSR count). The molecule has 0 bridgehead atoms. The first kappa shape index (κ1) is 20.3. The lowest BCUT2D eigenvalue weighted by atomic mass is 9.76. The van der Waals surface area contributed by atoms with Gasteiger partial charge in [0.15, 0.2) is 11.5 Å². The second-order valence-electron chi connectivity index (χ2n) is 8.98. The summed E-state index contributed by atoms with van der Waals surface area (Å²) in [5.74, 6) is 1.53. The zero-order chi connectivity index (χ0) is 20.3. The number of nitrogens with zero attached hydrogens (tertiary/aromatic N) is 1. The van der Waals surface area contributed by atoms with Gasteiger partial charge in [-0.15, -0.1) is 0 Å². The van der Waals surface area contributed by atoms with Crippen molar-refractivity contribution in [1.29, 1.82) is 0 Å². The van der Waals surface area contributed by atoms with E-state index in [4.69, 9.17) is 14.2 Å². The molecule has 1 atom stereocenters. The summed E-state index contributed by atoms with van der Waals surface area (Å²) in [6.45, 7) is 2.79. The van der Waals surface area contributed by atoms with E-state index >= 15 is 0 Å². The standard InChI is InChI=1S/C23H32FNO4/c1-27-21-13-19(24)20(14-22(21)29-18-3-2-4-18)25-10-8-23(9-11-25)7-5-17(15-23)6-12-28-16-26/h13-14,16-18H,2-12,15H2,1H3. The number of ether oxygens (including phenoxy) is 3. The first-order chi connectivity index (χ1) is 14.1. The highest BCUT2D eigenvalue weighted by atomic mass is 19.1. The summed E-state index contributed by atoms with van der Waals surface area (Å²) in [6.07, 6.45) is 10.3. The van der Waals surface area contributed by atoms with Gasteiger partial charge < -0.3 is 19.1 Å². The molecule has 1 aliphatic heterocycles. The Hall–Kier alpha value is -1.98. The molecule has 29 heavy (non-hydrogen) atoms. The van der Waals surface area contributed by atoms with Crippen molar-refractivity contribution in [1.82, 2.24) is 0 Å². The van der Waals surface area contributed by atoms with E-state index in [0.29, 0.717) is 41.6 Å². The van der Waals surface area contributed by atoms with E-state index in [1.807, 2.05) is 6.07 Å². The molecule has 3 fully saturated rings. The molecule has 1 heterocycles. The first-order valence-corrected chi connectivity index (χ1v) is 11.0. The molecule has 5 nitrogen and oxygen atoms in total. The minimum Gasteiger partial charge on any atom is -0.493 e. The minimum absolute atomic E-state index is 0.227. The zero-order valence-corrected chi connectivity index (χ0v) is 17.3. The maximum Gasteiger partial charge on any atom is 0.293 e. The fourth-order valence-electron chi connectivity index (χ4n) is 5.22. The lowest BCUT2D eigenvalue weighted by Gasteiger charge is -2.41. The molecule has 0 radical (unpaired) electrons. The molecular formula is C23H32FNO4. The molecule has 160 valence electrons. The van der Waals surface area contributed by atoms with Crippen LogP contribution in [-0.4, -0.2) is 39.4 Å². The summed E-state index contributed by atoms with van der Waals surface area (Å²) in [5, 5.41) is 0. The average molecular weight is 406 g/mol. The number of halogens is 1. The van der Waals surface area contributed by atoms with Crippen LogP contribution in [0.15, 0.2) is 12.1 Å². The summed E-state index contributed by atoms with van der Waals surface area (Å²) in [7, 11) is 1.56. The second-order valence-corrected chi connectivity index (χ2v) is 8.98. The molecule has 6 heteroatoms. The normalized spacial score (nSPS) is 23.7. The SMILES string of the molecule is COc1cc(F)c(N2CCC3(CCC(CCOC=O)C3)CC2)cc1OC1CCC1. The van der Waals surface area contributed by atoms with Crippen molar-refractivity contribution >= 4 is 12.2 Å². The molecule has 0 N–H and O–H groups in total. The number of benzene rings is 1. The molecule has 1 saturated heterocycles. The monoisotopic (exact) mass is 405 g/mol. The number of hydrogen-bond acceptors (Lipinski definition) is 5. The fourth-order valence-corrected chi connectivity index (χ4v) is 5.22. The molecule has 0 amide bonds. The van der Waals surface area contributed by atoms with Crippen LogP contribution < -0.4 is 14.4 Å². The first-order valence-electron chi connectivity index (χ1n) is 11.0. The molecule has 1 aromatic carbocycles. The predicted octanol–water partition coefficient (Wildman–Crippen LogP) is 4.72. The Morgan fingerprint density at radius 2 is 1.97 bits per heavy atom. The number of anilines is 1. The molecule has 1 spiro atoms. The third-order valence-corrected chi connectivity index (χ3v) is 7.26. The van der Waals surface area contributed by atoms with Gasteiger partial charge in [-0.05, 0) is 69.1 Å². The van der Waals surface area contributed by atoms with Crippen molar-refractivity contribution in [3.05, 3.63) is 17.9 Å². The predicted molar refractivity (Wildman–Crippen MR) is 109 cm³/mol. The van der Waals surface area contributed by atoms with E-state index in [-0.39, 0.29) is 11.9 Å². The second kappa shape index (κ2) is 8.80. The maximum absolute atomic E-state index is 14.8. The van der Waals surface area contributed by atoms with Crippen molar-refractivity contribution in [3.63, 3.8) is 0 Å². The van der Waals surface area contributed by atoms with Crippen molar-refractivity contribution < 1.29 is 23.4 Å². The number of rotatable bonds is 8. The van der Waals surface area contributed by atoms with Gasteiger partial charge in [0.25, 0.3) is 6.47 Å². The summed E-state index contributed by atoms with van der Waals surface area (Å²) in [6, 6.07) is 3.30. The highest BCUT2D eigenvalue weighted by molar-refractivity contribution is 5.58. The molecule has 1 aromatic rings. The minimum atomic E-state index is -0.242. The van der Waals surface area contributed by atoms with Gasteiger partial charge in [0.2, 0.25) is 0 Å². The van der Waals surface area contributed by atoms with Crippen molar-refractivity contribution in [2.24, 2.45) is 11.3 Å². The van der Waals surface area contributed by atoms with Gasteiger partial charge in [0, 0.05) is 25.2 Å². The van der Waals surface area contributed by atoms with Crippen LogP contribution in [0, 0.1) is 17.2 Å². The van der Waals surface area contributed by atoms with Crippen LogP contribution >= 0.6 is 0 Å². The van der Waals surface area contributed by atoms with Crippen LogP contribution in [0.2, 0.25) is 0 Å². The summed E-state index contributed by atoms with van der Waals surface area (Å²) in [4.78, 5) is 12.5. The number of carbonyl (C=O) groups excluding carboxylic acids is 1. The topological polar surface area (TPSA) is 48.0 Å². The fraction of sp³-hybridized carbons (Fsp3) is 0.696. The average Bonchev–Trinajstić information content (AvgIpc) is 3.09. The highest BCUT2D eigenvalue weighted by Gasteiger charge is 2.41. The summed E-state index contributed by atoms with van der Waals surface area (Å²) in [5.41, 5.74) is 1.00. The van der Waals surface area contributed by atoms with E-state index in [0.717, 1.165) is 45.2 Å². The van der Waals surface area contributed by atoms with Crippen LogP contribution in [0.1, 0.15) is 57.8 Å². The van der Waals surface area contributed by atoms with E-state index in [9.17, 15) is 9.18 Å². The quantitative estimate of drug-likeness (QED) is 0.463. The van der Waals surface area contributed by atoms with Crippen LogP contribution in [0.5, 0.6) is 11.5 Å². The Morgan fingerprint density at radius 3 is 2.62 bits per heavy atom. The van der Waals surface area contributed by atoms with Crippen molar-refractivity contribution in [2.45, 2.75) is 63.9 Å². The van der Waals surface area contributed by atoms with Crippen LogP contribution in [0.3, 0.4) is 0 Å². The van der Waals surface area contributed by atoms with Gasteiger partial charge in [0.05, 0.1) is 25.5 Å². The number of carbonyl (C=O) groups is 1. The van der Waals surface area contributed by atoms with Gasteiger partial charge in [-0.25, -0.2) is 4.39 Å². The van der Waals surface area contributed by atoms with E-state index in [1.165, 1.54) is 31.7 Å². The van der Waals surface area contributed by atoms with Crippen LogP contribution in [0.25, 0.3) is 0 Å². The van der Waals surface area contributed by atoms with Gasteiger partial charge in [-0.3, -0.25) is 4.79 Å². The largest absolute Gasteiger partial charge is 0.493 e. The number of hydrogen-bond donors (Lipinski definition) is 0. The Bertz CT molecular complexity index is 713. The molecule has 2 aliphatic carbocycles. The van der Waals surface area contributed by atoms with Crippen LogP contribution in [0.4, 0.5) is 10.1 Å². The third-order valence-electron chi connectivity index (χ3n) is 7.26. The number of piperidine rings is 1. The summed E-state index contributed by atoms with van der Waals surface area (Å²) >= 11 is 0. The Morgan fingerprint density at radius 1 is 1.17 bits per heavy atom.